The minimum atomic E-state index is -3.91. The molecule has 0 bridgehead atoms. The molecule has 8 heteroatoms. The maximum Gasteiger partial charge on any atom is 0.264 e. The molecule has 0 saturated heterocycles. The number of amides is 1. The fourth-order valence-corrected chi connectivity index (χ4v) is 5.23. The number of ether oxygens (including phenoxy) is 1. The van der Waals surface area contributed by atoms with E-state index in [9.17, 15) is 13.2 Å². The molecule has 1 amide bonds. The summed E-state index contributed by atoms with van der Waals surface area (Å²) in [4.78, 5) is 13.7. The van der Waals surface area contributed by atoms with E-state index in [1.807, 2.05) is 13.0 Å². The van der Waals surface area contributed by atoms with Crippen LogP contribution in [0.15, 0.2) is 45.8 Å². The monoisotopic (exact) mass is 438 g/mol. The number of fused-ring (bicyclic) bond motifs is 1. The third kappa shape index (κ3) is 3.43. The Morgan fingerprint density at radius 1 is 1.31 bits per heavy atom. The number of carbonyl (C=O) groups excluding carboxylic acids is 1. The van der Waals surface area contributed by atoms with Gasteiger partial charge in [-0.15, -0.1) is 0 Å². The van der Waals surface area contributed by atoms with Crippen LogP contribution in [0.25, 0.3) is 0 Å². The SMILES string of the molecule is COc1cccc(NS(=O)(=O)c2cc(Br)cc3c2N(C(C)=O)[C@H](C)C3)c1. The molecular weight excluding hydrogens is 420 g/mol. The summed E-state index contributed by atoms with van der Waals surface area (Å²) < 4.78 is 34.5. The van der Waals surface area contributed by atoms with Gasteiger partial charge >= 0.3 is 0 Å². The standard InChI is InChI=1S/C18H19BrN2O4S/c1-11-7-13-8-14(19)9-17(18(13)21(11)12(2)22)26(23,24)20-15-5-4-6-16(10-15)25-3/h4-6,8-11,20H,7H2,1-3H3/t11-/m1/s1. The molecule has 2 aromatic rings. The van der Waals surface area contributed by atoms with Crippen molar-refractivity contribution in [2.24, 2.45) is 0 Å². The zero-order valence-corrected chi connectivity index (χ0v) is 17.0. The smallest absolute Gasteiger partial charge is 0.264 e. The Kier molecular flexibility index (Phi) is 4.98. The van der Waals surface area contributed by atoms with E-state index in [2.05, 4.69) is 20.7 Å². The number of hydrogen-bond acceptors (Lipinski definition) is 4. The number of benzene rings is 2. The van der Waals surface area contributed by atoms with Gasteiger partial charge < -0.3 is 9.64 Å². The average molecular weight is 439 g/mol. The fraction of sp³-hybridized carbons (Fsp3) is 0.278. The van der Waals surface area contributed by atoms with Crippen LogP contribution in [-0.2, 0) is 21.2 Å². The molecule has 0 aromatic heterocycles. The first-order valence-electron chi connectivity index (χ1n) is 8.02. The van der Waals surface area contributed by atoms with E-state index < -0.39 is 10.0 Å². The van der Waals surface area contributed by atoms with E-state index in [0.717, 1.165) is 5.56 Å². The van der Waals surface area contributed by atoms with Crippen LogP contribution in [0.4, 0.5) is 11.4 Å². The highest BCUT2D eigenvalue weighted by Gasteiger charge is 2.35. The van der Waals surface area contributed by atoms with Crippen molar-refractivity contribution in [3.63, 3.8) is 0 Å². The molecule has 0 fully saturated rings. The van der Waals surface area contributed by atoms with Crippen LogP contribution in [-0.4, -0.2) is 27.5 Å². The number of rotatable bonds is 4. The van der Waals surface area contributed by atoms with Crippen LogP contribution in [0.2, 0.25) is 0 Å². The number of halogens is 1. The molecule has 0 radical (unpaired) electrons. The first-order chi connectivity index (χ1) is 12.2. The minimum Gasteiger partial charge on any atom is -0.497 e. The molecule has 3 rings (SSSR count). The van der Waals surface area contributed by atoms with Gasteiger partial charge in [-0.05, 0) is 43.2 Å². The van der Waals surface area contributed by atoms with Crippen LogP contribution >= 0.6 is 15.9 Å². The fourth-order valence-electron chi connectivity index (χ4n) is 3.26. The maximum atomic E-state index is 13.1. The van der Waals surface area contributed by atoms with Crippen LogP contribution in [0.3, 0.4) is 0 Å². The number of nitrogens with one attached hydrogen (secondary N) is 1. The normalized spacial score (nSPS) is 16.3. The van der Waals surface area contributed by atoms with Gasteiger partial charge in [-0.2, -0.15) is 0 Å². The Labute approximate surface area is 161 Å². The second-order valence-corrected chi connectivity index (χ2v) is 8.76. The minimum absolute atomic E-state index is 0.0734. The van der Waals surface area contributed by atoms with E-state index in [1.54, 1.807) is 29.2 Å². The highest BCUT2D eigenvalue weighted by molar-refractivity contribution is 9.10. The highest BCUT2D eigenvalue weighted by atomic mass is 79.9. The Bertz CT molecular complexity index is 975. The average Bonchev–Trinajstić information content (AvgIpc) is 2.89. The second-order valence-electron chi connectivity index (χ2n) is 6.19. The number of sulfonamides is 1. The van der Waals surface area contributed by atoms with Crippen LogP contribution in [0.5, 0.6) is 5.75 Å². The number of anilines is 2. The van der Waals surface area contributed by atoms with Crippen LogP contribution < -0.4 is 14.4 Å². The van der Waals surface area contributed by atoms with Gasteiger partial charge in [0.25, 0.3) is 10.0 Å². The zero-order chi connectivity index (χ0) is 19.1. The molecule has 26 heavy (non-hydrogen) atoms. The van der Waals surface area contributed by atoms with Gasteiger partial charge in [0.1, 0.15) is 10.6 Å². The first kappa shape index (κ1) is 18.7. The Balaban J connectivity index is 2.10. The third-order valence-corrected chi connectivity index (χ3v) is 6.12. The summed E-state index contributed by atoms with van der Waals surface area (Å²) in [6, 6.07) is 9.96. The maximum absolute atomic E-state index is 13.1. The molecule has 1 aliphatic rings. The molecule has 0 aliphatic carbocycles. The molecule has 0 unspecified atom stereocenters. The molecule has 6 nitrogen and oxygen atoms in total. The van der Waals surface area contributed by atoms with Gasteiger partial charge in [-0.25, -0.2) is 8.42 Å². The molecule has 1 aliphatic heterocycles. The van der Waals surface area contributed by atoms with Crippen LogP contribution in [0, 0.1) is 0 Å². The van der Waals surface area contributed by atoms with E-state index in [0.29, 0.717) is 28.0 Å². The topological polar surface area (TPSA) is 75.7 Å². The molecule has 0 saturated carbocycles. The van der Waals surface area contributed by atoms with E-state index in [-0.39, 0.29) is 16.8 Å². The molecule has 138 valence electrons. The van der Waals surface area contributed by atoms with Crippen LogP contribution in [0.1, 0.15) is 19.4 Å². The summed E-state index contributed by atoms with van der Waals surface area (Å²) in [6.45, 7) is 3.35. The van der Waals surface area contributed by atoms with Crippen molar-refractivity contribution in [1.29, 1.82) is 0 Å². The van der Waals surface area contributed by atoms with Gasteiger partial charge in [0.2, 0.25) is 5.91 Å². The van der Waals surface area contributed by atoms with Gasteiger partial charge in [0.15, 0.2) is 0 Å². The van der Waals surface area contributed by atoms with Gasteiger partial charge in [-0.3, -0.25) is 9.52 Å². The number of carbonyl (C=O) groups is 1. The van der Waals surface area contributed by atoms with Crippen molar-refractivity contribution in [2.75, 3.05) is 16.7 Å². The number of hydrogen-bond donors (Lipinski definition) is 1. The predicted octanol–water partition coefficient (Wildman–Crippen LogP) is 3.56. The lowest BCUT2D eigenvalue weighted by Crippen LogP contribution is -2.34. The summed E-state index contributed by atoms with van der Waals surface area (Å²) in [6.07, 6.45) is 0.607. The molecule has 1 N–H and O–H groups in total. The summed E-state index contributed by atoms with van der Waals surface area (Å²) >= 11 is 3.38. The zero-order valence-electron chi connectivity index (χ0n) is 14.6. The van der Waals surface area contributed by atoms with Gasteiger partial charge in [0, 0.05) is 23.5 Å². The summed E-state index contributed by atoms with van der Waals surface area (Å²) in [5, 5.41) is 0. The van der Waals surface area contributed by atoms with Crippen molar-refractivity contribution in [2.45, 2.75) is 31.2 Å². The largest absolute Gasteiger partial charge is 0.497 e. The van der Waals surface area contributed by atoms with Crippen molar-refractivity contribution >= 4 is 43.2 Å². The van der Waals surface area contributed by atoms with E-state index in [4.69, 9.17) is 4.74 Å². The number of methoxy groups -OCH3 is 1. The van der Waals surface area contributed by atoms with Crippen molar-refractivity contribution in [3.8, 4) is 5.75 Å². The predicted molar refractivity (Wildman–Crippen MR) is 104 cm³/mol. The molecule has 0 spiro atoms. The summed E-state index contributed by atoms with van der Waals surface area (Å²) in [7, 11) is -2.39. The van der Waals surface area contributed by atoms with Gasteiger partial charge in [-0.1, -0.05) is 22.0 Å². The quantitative estimate of drug-likeness (QED) is 0.791. The second kappa shape index (κ2) is 6.92. The Hall–Kier alpha value is -2.06. The third-order valence-electron chi connectivity index (χ3n) is 4.27. The molecule has 2 aromatic carbocycles. The van der Waals surface area contributed by atoms with Crippen molar-refractivity contribution in [1.82, 2.24) is 0 Å². The summed E-state index contributed by atoms with van der Waals surface area (Å²) in [5.74, 6) is 0.361. The van der Waals surface area contributed by atoms with E-state index >= 15 is 0 Å². The lowest BCUT2D eigenvalue weighted by molar-refractivity contribution is -0.116. The lowest BCUT2D eigenvalue weighted by atomic mass is 10.1. The molecular formula is C18H19BrN2O4S. The van der Waals surface area contributed by atoms with Crippen molar-refractivity contribution in [3.05, 3.63) is 46.4 Å². The first-order valence-corrected chi connectivity index (χ1v) is 10.3. The van der Waals surface area contributed by atoms with Gasteiger partial charge in [0.05, 0.1) is 18.5 Å². The number of nitrogens with zero attached hydrogens (tertiary/aromatic N) is 1. The summed E-state index contributed by atoms with van der Waals surface area (Å²) in [5.41, 5.74) is 1.66. The lowest BCUT2D eigenvalue weighted by Gasteiger charge is -2.23. The Morgan fingerprint density at radius 2 is 2.04 bits per heavy atom. The Morgan fingerprint density at radius 3 is 2.69 bits per heavy atom. The highest BCUT2D eigenvalue weighted by Crippen LogP contribution is 2.40. The molecule has 1 heterocycles. The molecule has 1 atom stereocenters. The van der Waals surface area contributed by atoms with E-state index in [1.165, 1.54) is 20.1 Å². The van der Waals surface area contributed by atoms with Crippen molar-refractivity contribution < 1.29 is 17.9 Å².